The standard InChI is InChI=1S/C13H21NO3/c1-9-7-13(5,6)10(15)14(8-9)11(16)17-12(2,3)4/h8H,7H2,1-6H3. The topological polar surface area (TPSA) is 46.6 Å². The summed E-state index contributed by atoms with van der Waals surface area (Å²) in [4.78, 5) is 25.1. The van der Waals surface area contributed by atoms with E-state index < -0.39 is 17.1 Å². The monoisotopic (exact) mass is 239 g/mol. The highest BCUT2D eigenvalue weighted by Gasteiger charge is 2.39. The molecule has 0 aromatic carbocycles. The molecule has 0 aromatic heterocycles. The number of carbonyl (C=O) groups is 2. The third-order valence-corrected chi connectivity index (χ3v) is 2.46. The van der Waals surface area contributed by atoms with E-state index in [1.807, 2.05) is 20.8 Å². The first kappa shape index (κ1) is 13.7. The highest BCUT2D eigenvalue weighted by molar-refractivity contribution is 5.97. The number of rotatable bonds is 0. The van der Waals surface area contributed by atoms with E-state index in [2.05, 4.69) is 0 Å². The Morgan fingerprint density at radius 3 is 2.41 bits per heavy atom. The molecule has 0 saturated heterocycles. The van der Waals surface area contributed by atoms with Gasteiger partial charge in [-0.05, 0) is 34.1 Å². The van der Waals surface area contributed by atoms with Gasteiger partial charge in [-0.25, -0.2) is 9.69 Å². The fraction of sp³-hybridized carbons (Fsp3) is 0.692. The van der Waals surface area contributed by atoms with Gasteiger partial charge in [-0.1, -0.05) is 19.4 Å². The lowest BCUT2D eigenvalue weighted by molar-refractivity contribution is -0.137. The Bertz CT molecular complexity index is 375. The zero-order valence-electron chi connectivity index (χ0n) is 11.5. The normalized spacial score (nSPS) is 20.0. The van der Waals surface area contributed by atoms with Crippen molar-refractivity contribution in [1.82, 2.24) is 4.90 Å². The Kier molecular flexibility index (Phi) is 3.37. The zero-order chi connectivity index (χ0) is 13.4. The summed E-state index contributed by atoms with van der Waals surface area (Å²) in [7, 11) is 0. The number of amides is 2. The predicted octanol–water partition coefficient (Wildman–Crippen LogP) is 3.08. The third-order valence-electron chi connectivity index (χ3n) is 2.46. The fourth-order valence-electron chi connectivity index (χ4n) is 1.87. The van der Waals surface area contributed by atoms with Gasteiger partial charge in [-0.3, -0.25) is 4.79 Å². The second-order valence-electron chi connectivity index (χ2n) is 6.19. The molecule has 0 atom stereocenters. The van der Waals surface area contributed by atoms with Gasteiger partial charge < -0.3 is 4.74 Å². The number of hydrogen-bond acceptors (Lipinski definition) is 3. The number of ether oxygens (including phenoxy) is 1. The Morgan fingerprint density at radius 2 is 1.94 bits per heavy atom. The summed E-state index contributed by atoms with van der Waals surface area (Å²) in [5.41, 5.74) is -0.142. The van der Waals surface area contributed by atoms with Crippen molar-refractivity contribution in [1.29, 1.82) is 0 Å². The van der Waals surface area contributed by atoms with E-state index in [1.54, 1.807) is 27.0 Å². The Hall–Kier alpha value is -1.32. The molecule has 4 nitrogen and oxygen atoms in total. The van der Waals surface area contributed by atoms with Crippen LogP contribution in [0.4, 0.5) is 4.79 Å². The van der Waals surface area contributed by atoms with Gasteiger partial charge in [0.05, 0.1) is 0 Å². The number of hydrogen-bond donors (Lipinski definition) is 0. The van der Waals surface area contributed by atoms with E-state index in [-0.39, 0.29) is 5.91 Å². The lowest BCUT2D eigenvalue weighted by Gasteiger charge is -2.34. The molecule has 0 N–H and O–H groups in total. The number of allylic oxidation sites excluding steroid dienone is 1. The quantitative estimate of drug-likeness (QED) is 0.652. The van der Waals surface area contributed by atoms with E-state index in [0.29, 0.717) is 6.42 Å². The molecule has 0 spiro atoms. The molecule has 4 heteroatoms. The van der Waals surface area contributed by atoms with Gasteiger partial charge in [-0.2, -0.15) is 0 Å². The highest BCUT2D eigenvalue weighted by atomic mass is 16.6. The Morgan fingerprint density at radius 1 is 1.41 bits per heavy atom. The Labute approximate surface area is 103 Å². The SMILES string of the molecule is CC1=CN(C(=O)OC(C)(C)C)C(=O)C(C)(C)C1. The van der Waals surface area contributed by atoms with Crippen LogP contribution < -0.4 is 0 Å². The van der Waals surface area contributed by atoms with Gasteiger partial charge in [0.15, 0.2) is 0 Å². The average Bonchev–Trinajstić information content (AvgIpc) is 2.07. The van der Waals surface area contributed by atoms with Crippen molar-refractivity contribution < 1.29 is 14.3 Å². The summed E-state index contributed by atoms with van der Waals surface area (Å²) in [6.45, 7) is 10.9. The minimum absolute atomic E-state index is 0.211. The summed E-state index contributed by atoms with van der Waals surface area (Å²) in [5, 5.41) is 0. The maximum absolute atomic E-state index is 12.1. The summed E-state index contributed by atoms with van der Waals surface area (Å²) >= 11 is 0. The fourth-order valence-corrected chi connectivity index (χ4v) is 1.87. The summed E-state index contributed by atoms with van der Waals surface area (Å²) < 4.78 is 5.21. The first-order valence-electron chi connectivity index (χ1n) is 5.77. The second kappa shape index (κ2) is 4.17. The van der Waals surface area contributed by atoms with Crippen LogP contribution in [0.2, 0.25) is 0 Å². The van der Waals surface area contributed by atoms with Crippen molar-refractivity contribution in [2.24, 2.45) is 5.41 Å². The van der Waals surface area contributed by atoms with Gasteiger partial charge in [0.25, 0.3) is 0 Å². The molecular weight excluding hydrogens is 218 g/mol. The molecular formula is C13H21NO3. The van der Waals surface area contributed by atoms with E-state index in [1.165, 1.54) is 0 Å². The molecule has 1 rings (SSSR count). The smallest absolute Gasteiger partial charge is 0.421 e. The van der Waals surface area contributed by atoms with E-state index in [0.717, 1.165) is 10.5 Å². The molecule has 0 aromatic rings. The van der Waals surface area contributed by atoms with Gasteiger partial charge in [0, 0.05) is 11.6 Å². The Balaban J connectivity index is 2.94. The maximum atomic E-state index is 12.1. The minimum atomic E-state index is -0.602. The lowest BCUT2D eigenvalue weighted by atomic mass is 9.82. The summed E-state index contributed by atoms with van der Waals surface area (Å²) in [6.07, 6.45) is 1.64. The van der Waals surface area contributed by atoms with Gasteiger partial charge >= 0.3 is 6.09 Å². The van der Waals surface area contributed by atoms with Crippen LogP contribution in [0.5, 0.6) is 0 Å². The first-order valence-corrected chi connectivity index (χ1v) is 5.77. The van der Waals surface area contributed by atoms with Crippen molar-refractivity contribution in [3.63, 3.8) is 0 Å². The van der Waals surface area contributed by atoms with Crippen molar-refractivity contribution >= 4 is 12.0 Å². The van der Waals surface area contributed by atoms with Crippen LogP contribution in [-0.2, 0) is 9.53 Å². The van der Waals surface area contributed by atoms with Gasteiger partial charge in [0.2, 0.25) is 5.91 Å². The van der Waals surface area contributed by atoms with E-state index >= 15 is 0 Å². The molecule has 96 valence electrons. The maximum Gasteiger partial charge on any atom is 0.421 e. The number of nitrogens with zero attached hydrogens (tertiary/aromatic N) is 1. The van der Waals surface area contributed by atoms with Crippen molar-refractivity contribution in [3.05, 3.63) is 11.8 Å². The molecule has 0 unspecified atom stereocenters. The van der Waals surface area contributed by atoms with Gasteiger partial charge in [-0.15, -0.1) is 0 Å². The van der Waals surface area contributed by atoms with E-state index in [9.17, 15) is 9.59 Å². The minimum Gasteiger partial charge on any atom is -0.443 e. The van der Waals surface area contributed by atoms with Crippen LogP contribution in [0.3, 0.4) is 0 Å². The molecule has 0 bridgehead atoms. The zero-order valence-corrected chi connectivity index (χ0v) is 11.5. The van der Waals surface area contributed by atoms with Crippen molar-refractivity contribution in [3.8, 4) is 0 Å². The van der Waals surface area contributed by atoms with Gasteiger partial charge in [0.1, 0.15) is 5.60 Å². The molecule has 0 aliphatic carbocycles. The molecule has 2 amide bonds. The summed E-state index contributed by atoms with van der Waals surface area (Å²) in [5.74, 6) is -0.211. The predicted molar refractivity (Wildman–Crippen MR) is 65.2 cm³/mol. The molecule has 17 heavy (non-hydrogen) atoms. The highest BCUT2D eigenvalue weighted by Crippen LogP contribution is 2.32. The van der Waals surface area contributed by atoms with E-state index in [4.69, 9.17) is 4.74 Å². The van der Waals surface area contributed by atoms with Crippen LogP contribution in [0.1, 0.15) is 48.0 Å². The number of carbonyl (C=O) groups excluding carboxylic acids is 2. The summed E-state index contributed by atoms with van der Waals surface area (Å²) in [6, 6.07) is 0. The van der Waals surface area contributed by atoms with Crippen LogP contribution in [-0.4, -0.2) is 22.5 Å². The molecule has 1 heterocycles. The lowest BCUT2D eigenvalue weighted by Crippen LogP contribution is -2.46. The average molecular weight is 239 g/mol. The van der Waals surface area contributed by atoms with Crippen LogP contribution >= 0.6 is 0 Å². The molecule has 0 radical (unpaired) electrons. The second-order valence-corrected chi connectivity index (χ2v) is 6.19. The van der Waals surface area contributed by atoms with Crippen molar-refractivity contribution in [2.45, 2.75) is 53.6 Å². The third kappa shape index (κ3) is 3.32. The van der Waals surface area contributed by atoms with Crippen LogP contribution in [0.25, 0.3) is 0 Å². The molecule has 0 fully saturated rings. The first-order chi connectivity index (χ1) is 7.53. The molecule has 1 aliphatic heterocycles. The number of imide groups is 1. The van der Waals surface area contributed by atoms with Crippen molar-refractivity contribution in [2.75, 3.05) is 0 Å². The molecule has 1 aliphatic rings. The largest absolute Gasteiger partial charge is 0.443 e. The molecule has 0 saturated carbocycles. The van der Waals surface area contributed by atoms with Crippen LogP contribution in [0.15, 0.2) is 11.8 Å². The van der Waals surface area contributed by atoms with Crippen LogP contribution in [0, 0.1) is 5.41 Å².